The standard InChI is InChI=1S/C17H12Cl2N2O3S2/c18-10-6-11(19)8-12(7-10)20-15(22)3-4-21-16(23)14(26-17(21)25)9-13-2-1-5-24-13/h1-2,5-9H,3-4H2,(H,20,22). The number of hydrogen-bond donors (Lipinski definition) is 1. The molecule has 1 aliphatic rings. The predicted octanol–water partition coefficient (Wildman–Crippen LogP) is 4.82. The molecule has 2 aromatic rings. The van der Waals surface area contributed by atoms with E-state index >= 15 is 0 Å². The van der Waals surface area contributed by atoms with E-state index in [2.05, 4.69) is 5.32 Å². The minimum atomic E-state index is -0.271. The smallest absolute Gasteiger partial charge is 0.266 e. The third-order valence-corrected chi connectivity index (χ3v) is 5.21. The molecule has 2 heterocycles. The van der Waals surface area contributed by atoms with E-state index in [4.69, 9.17) is 39.8 Å². The number of thioether (sulfide) groups is 1. The highest BCUT2D eigenvalue weighted by molar-refractivity contribution is 8.26. The first-order chi connectivity index (χ1) is 12.4. The van der Waals surface area contributed by atoms with Gasteiger partial charge in [0.25, 0.3) is 5.91 Å². The first-order valence-corrected chi connectivity index (χ1v) is 9.45. The molecule has 0 aliphatic carbocycles. The van der Waals surface area contributed by atoms with E-state index in [1.54, 1.807) is 36.4 Å². The second-order valence-electron chi connectivity index (χ2n) is 5.31. The second kappa shape index (κ2) is 8.26. The van der Waals surface area contributed by atoms with Crippen molar-refractivity contribution in [1.29, 1.82) is 0 Å². The number of carbonyl (C=O) groups is 2. The van der Waals surface area contributed by atoms with Crippen LogP contribution in [0.5, 0.6) is 0 Å². The molecular weight excluding hydrogens is 415 g/mol. The molecule has 1 N–H and O–H groups in total. The minimum absolute atomic E-state index is 0.0879. The largest absolute Gasteiger partial charge is 0.465 e. The number of rotatable bonds is 5. The summed E-state index contributed by atoms with van der Waals surface area (Å²) in [6.07, 6.45) is 3.25. The lowest BCUT2D eigenvalue weighted by Crippen LogP contribution is -2.31. The van der Waals surface area contributed by atoms with Crippen LogP contribution < -0.4 is 5.32 Å². The van der Waals surface area contributed by atoms with Gasteiger partial charge < -0.3 is 9.73 Å². The maximum atomic E-state index is 12.4. The van der Waals surface area contributed by atoms with Gasteiger partial charge in [-0.25, -0.2) is 0 Å². The van der Waals surface area contributed by atoms with Gasteiger partial charge in [0.05, 0.1) is 11.2 Å². The zero-order chi connectivity index (χ0) is 18.7. The summed E-state index contributed by atoms with van der Waals surface area (Å²) in [5, 5.41) is 3.55. The molecule has 26 heavy (non-hydrogen) atoms. The van der Waals surface area contributed by atoms with Crippen molar-refractivity contribution in [3.63, 3.8) is 0 Å². The summed E-state index contributed by atoms with van der Waals surface area (Å²) >= 11 is 18.2. The topological polar surface area (TPSA) is 62.6 Å². The number of benzene rings is 1. The van der Waals surface area contributed by atoms with Crippen LogP contribution in [0.1, 0.15) is 12.2 Å². The van der Waals surface area contributed by atoms with Crippen molar-refractivity contribution in [2.75, 3.05) is 11.9 Å². The monoisotopic (exact) mass is 426 g/mol. The van der Waals surface area contributed by atoms with Crippen molar-refractivity contribution in [2.24, 2.45) is 0 Å². The molecule has 0 bridgehead atoms. The van der Waals surface area contributed by atoms with Crippen LogP contribution in [0, 0.1) is 0 Å². The molecule has 1 aromatic carbocycles. The third-order valence-electron chi connectivity index (χ3n) is 3.40. The summed E-state index contributed by atoms with van der Waals surface area (Å²) in [6, 6.07) is 8.24. The van der Waals surface area contributed by atoms with Crippen LogP contribution in [0.4, 0.5) is 5.69 Å². The van der Waals surface area contributed by atoms with Gasteiger partial charge in [0.15, 0.2) is 0 Å². The summed E-state index contributed by atoms with van der Waals surface area (Å²) in [4.78, 5) is 26.4. The summed E-state index contributed by atoms with van der Waals surface area (Å²) in [5.41, 5.74) is 0.496. The highest BCUT2D eigenvalue weighted by atomic mass is 35.5. The highest BCUT2D eigenvalue weighted by Crippen LogP contribution is 2.32. The van der Waals surface area contributed by atoms with Crippen molar-refractivity contribution in [1.82, 2.24) is 4.90 Å². The average molecular weight is 427 g/mol. The minimum Gasteiger partial charge on any atom is -0.465 e. The summed E-state index contributed by atoms with van der Waals surface area (Å²) in [7, 11) is 0. The molecule has 1 saturated heterocycles. The number of thiocarbonyl (C=S) groups is 1. The molecule has 1 aromatic heterocycles. The van der Waals surface area contributed by atoms with Crippen LogP contribution in [0.15, 0.2) is 45.9 Å². The van der Waals surface area contributed by atoms with Gasteiger partial charge in [0, 0.05) is 34.8 Å². The van der Waals surface area contributed by atoms with Gasteiger partial charge in [0.2, 0.25) is 5.91 Å². The predicted molar refractivity (Wildman–Crippen MR) is 108 cm³/mol. The average Bonchev–Trinajstić information content (AvgIpc) is 3.14. The normalized spacial score (nSPS) is 15.8. The Bertz CT molecular complexity index is 877. The van der Waals surface area contributed by atoms with Gasteiger partial charge in [-0.15, -0.1) is 0 Å². The Balaban J connectivity index is 1.59. The lowest BCUT2D eigenvalue weighted by atomic mass is 10.3. The fraction of sp³-hybridized carbons (Fsp3) is 0.118. The first kappa shape index (κ1) is 19.0. The fourth-order valence-electron chi connectivity index (χ4n) is 2.26. The van der Waals surface area contributed by atoms with E-state index in [1.807, 2.05) is 0 Å². The van der Waals surface area contributed by atoms with Crippen molar-refractivity contribution in [2.45, 2.75) is 6.42 Å². The maximum Gasteiger partial charge on any atom is 0.266 e. The van der Waals surface area contributed by atoms with Crippen molar-refractivity contribution >= 4 is 75.1 Å². The Kier molecular flexibility index (Phi) is 6.03. The zero-order valence-electron chi connectivity index (χ0n) is 13.2. The molecular formula is C17H12Cl2N2O3S2. The Morgan fingerprint density at radius 2 is 2.04 bits per heavy atom. The molecule has 0 spiro atoms. The van der Waals surface area contributed by atoms with Crippen LogP contribution in [-0.4, -0.2) is 27.6 Å². The number of nitrogens with zero attached hydrogens (tertiary/aromatic N) is 1. The van der Waals surface area contributed by atoms with Gasteiger partial charge in [-0.2, -0.15) is 0 Å². The Morgan fingerprint density at radius 3 is 2.69 bits per heavy atom. The van der Waals surface area contributed by atoms with Crippen LogP contribution in [0.3, 0.4) is 0 Å². The molecule has 2 amide bonds. The van der Waals surface area contributed by atoms with Crippen molar-refractivity contribution in [3.05, 3.63) is 57.3 Å². The fourth-order valence-corrected chi connectivity index (χ4v) is 4.07. The van der Waals surface area contributed by atoms with Gasteiger partial charge in [-0.1, -0.05) is 47.2 Å². The quantitative estimate of drug-likeness (QED) is 0.548. The molecule has 1 aliphatic heterocycles. The molecule has 5 nitrogen and oxygen atoms in total. The molecule has 0 atom stereocenters. The summed E-state index contributed by atoms with van der Waals surface area (Å²) in [5.74, 6) is 0.0588. The van der Waals surface area contributed by atoms with Crippen molar-refractivity contribution < 1.29 is 14.0 Å². The van der Waals surface area contributed by atoms with Crippen LogP contribution in [-0.2, 0) is 9.59 Å². The molecule has 9 heteroatoms. The van der Waals surface area contributed by atoms with E-state index in [0.717, 1.165) is 0 Å². The van der Waals surface area contributed by atoms with E-state index in [9.17, 15) is 9.59 Å². The van der Waals surface area contributed by atoms with Crippen molar-refractivity contribution in [3.8, 4) is 0 Å². The van der Waals surface area contributed by atoms with Gasteiger partial charge in [0.1, 0.15) is 10.1 Å². The number of carbonyl (C=O) groups excluding carboxylic acids is 2. The Hall–Kier alpha value is -1.80. The van der Waals surface area contributed by atoms with E-state index in [0.29, 0.717) is 30.7 Å². The number of nitrogens with one attached hydrogen (secondary N) is 1. The number of amides is 2. The number of halogens is 2. The van der Waals surface area contributed by atoms with E-state index < -0.39 is 0 Å². The zero-order valence-corrected chi connectivity index (χ0v) is 16.3. The first-order valence-electron chi connectivity index (χ1n) is 7.47. The molecule has 0 saturated carbocycles. The van der Waals surface area contributed by atoms with Crippen LogP contribution >= 0.6 is 47.2 Å². The molecule has 0 radical (unpaired) electrons. The lowest BCUT2D eigenvalue weighted by Gasteiger charge is -2.14. The number of furan rings is 1. The molecule has 0 unspecified atom stereocenters. The molecule has 134 valence electrons. The SMILES string of the molecule is O=C(CCN1C(=O)C(=Cc2ccco2)SC1=S)Nc1cc(Cl)cc(Cl)c1. The van der Waals surface area contributed by atoms with E-state index in [1.165, 1.54) is 22.9 Å². The van der Waals surface area contributed by atoms with Gasteiger partial charge >= 0.3 is 0 Å². The Labute approximate surface area is 169 Å². The van der Waals surface area contributed by atoms with Gasteiger partial charge in [-0.3, -0.25) is 14.5 Å². The van der Waals surface area contributed by atoms with Crippen LogP contribution in [0.25, 0.3) is 6.08 Å². The summed E-state index contributed by atoms with van der Waals surface area (Å²) in [6.45, 7) is 0.181. The lowest BCUT2D eigenvalue weighted by molar-refractivity contribution is -0.122. The van der Waals surface area contributed by atoms with Crippen LogP contribution in [0.2, 0.25) is 10.0 Å². The molecule has 1 fully saturated rings. The maximum absolute atomic E-state index is 12.4. The number of anilines is 1. The highest BCUT2D eigenvalue weighted by Gasteiger charge is 2.32. The van der Waals surface area contributed by atoms with Gasteiger partial charge in [-0.05, 0) is 30.3 Å². The number of hydrogen-bond acceptors (Lipinski definition) is 5. The summed E-state index contributed by atoms with van der Waals surface area (Å²) < 4.78 is 5.62. The molecule has 3 rings (SSSR count). The third kappa shape index (κ3) is 4.67. The Morgan fingerprint density at radius 1 is 1.31 bits per heavy atom. The van der Waals surface area contributed by atoms with E-state index in [-0.39, 0.29) is 24.8 Å². The second-order valence-corrected chi connectivity index (χ2v) is 7.85.